The summed E-state index contributed by atoms with van der Waals surface area (Å²) in [6, 6.07) is 14.6. The molecule has 1 aliphatic rings. The zero-order chi connectivity index (χ0) is 20.7. The number of aromatic nitrogens is 4. The zero-order valence-electron chi connectivity index (χ0n) is 16.0. The van der Waals surface area contributed by atoms with Crippen molar-refractivity contribution in [1.82, 2.24) is 19.5 Å². The number of nitrogens with zero attached hydrogens (tertiary/aromatic N) is 3. The van der Waals surface area contributed by atoms with Crippen LogP contribution in [0.15, 0.2) is 64.3 Å². The van der Waals surface area contributed by atoms with Gasteiger partial charge in [0, 0.05) is 12.3 Å². The summed E-state index contributed by atoms with van der Waals surface area (Å²) in [6.45, 7) is 2.08. The summed E-state index contributed by atoms with van der Waals surface area (Å²) in [7, 11) is 0. The van der Waals surface area contributed by atoms with Crippen molar-refractivity contribution >= 4 is 17.0 Å². The average Bonchev–Trinajstić information content (AvgIpc) is 3.22. The van der Waals surface area contributed by atoms with Crippen LogP contribution in [0.1, 0.15) is 18.5 Å². The summed E-state index contributed by atoms with van der Waals surface area (Å²) in [6.07, 6.45) is 1.41. The molecule has 2 N–H and O–H groups in total. The van der Waals surface area contributed by atoms with Crippen LogP contribution in [0.4, 0.5) is 5.95 Å². The van der Waals surface area contributed by atoms with Gasteiger partial charge < -0.3 is 14.8 Å². The Hall–Kier alpha value is -4.14. The number of rotatable bonds is 4. The molecule has 2 aromatic heterocycles. The van der Waals surface area contributed by atoms with E-state index in [4.69, 9.17) is 9.47 Å². The van der Waals surface area contributed by atoms with Crippen molar-refractivity contribution in [2.24, 2.45) is 0 Å². The normalized spacial score (nSPS) is 13.4. The molecule has 0 aliphatic carbocycles. The minimum atomic E-state index is -0.605. The van der Waals surface area contributed by atoms with Crippen molar-refractivity contribution < 1.29 is 9.47 Å². The van der Waals surface area contributed by atoms with E-state index in [1.807, 2.05) is 37.3 Å². The minimum absolute atomic E-state index is 0.0515. The molecule has 4 aromatic rings. The van der Waals surface area contributed by atoms with Crippen LogP contribution in [-0.4, -0.2) is 26.3 Å². The lowest BCUT2D eigenvalue weighted by Crippen LogP contribution is -2.34. The number of ether oxygens (including phenoxy) is 2. The Balaban J connectivity index is 1.53. The molecule has 9 heteroatoms. The number of nitrogens with one attached hydrogen (secondary N) is 2. The second kappa shape index (κ2) is 7.03. The molecule has 0 radical (unpaired) electrons. The van der Waals surface area contributed by atoms with Crippen LogP contribution in [0.2, 0.25) is 0 Å². The maximum Gasteiger partial charge on any atom is 0.334 e. The molecule has 1 aliphatic heterocycles. The van der Waals surface area contributed by atoms with E-state index in [2.05, 4.69) is 20.3 Å². The third kappa shape index (κ3) is 3.06. The van der Waals surface area contributed by atoms with Crippen LogP contribution >= 0.6 is 0 Å². The van der Waals surface area contributed by atoms with E-state index in [-0.39, 0.29) is 23.9 Å². The van der Waals surface area contributed by atoms with Gasteiger partial charge in [0.25, 0.3) is 5.56 Å². The number of fused-ring (bicyclic) bond motifs is 2. The maximum atomic E-state index is 13.0. The quantitative estimate of drug-likeness (QED) is 0.538. The lowest BCUT2D eigenvalue weighted by Gasteiger charge is -2.14. The van der Waals surface area contributed by atoms with E-state index in [1.165, 1.54) is 6.20 Å². The lowest BCUT2D eigenvalue weighted by molar-refractivity contribution is 0.174. The van der Waals surface area contributed by atoms with E-state index in [1.54, 1.807) is 18.2 Å². The van der Waals surface area contributed by atoms with E-state index in [9.17, 15) is 9.59 Å². The molecule has 5 rings (SSSR count). The monoisotopic (exact) mass is 403 g/mol. The second-order valence-corrected chi connectivity index (χ2v) is 6.84. The van der Waals surface area contributed by atoms with Gasteiger partial charge in [-0.25, -0.2) is 14.3 Å². The first kappa shape index (κ1) is 17.9. The highest BCUT2D eigenvalue weighted by atomic mass is 16.7. The summed E-state index contributed by atoms with van der Waals surface area (Å²) in [4.78, 5) is 36.9. The van der Waals surface area contributed by atoms with Gasteiger partial charge in [-0.1, -0.05) is 30.3 Å². The van der Waals surface area contributed by atoms with Gasteiger partial charge in [0.1, 0.15) is 5.39 Å². The van der Waals surface area contributed by atoms with Crippen LogP contribution in [0.25, 0.3) is 16.7 Å². The molecule has 9 nitrogen and oxygen atoms in total. The van der Waals surface area contributed by atoms with Crippen molar-refractivity contribution in [2.45, 2.75) is 13.0 Å². The first-order valence-electron chi connectivity index (χ1n) is 9.34. The van der Waals surface area contributed by atoms with Gasteiger partial charge >= 0.3 is 5.69 Å². The fraction of sp³-hybridized carbons (Fsp3) is 0.143. The smallest absolute Gasteiger partial charge is 0.334 e. The minimum Gasteiger partial charge on any atom is -0.454 e. The van der Waals surface area contributed by atoms with Crippen molar-refractivity contribution in [3.8, 4) is 17.2 Å². The predicted octanol–water partition coefficient (Wildman–Crippen LogP) is 2.37. The van der Waals surface area contributed by atoms with Crippen molar-refractivity contribution in [2.75, 3.05) is 12.1 Å². The number of anilines is 1. The van der Waals surface area contributed by atoms with Crippen molar-refractivity contribution in [3.05, 3.63) is 81.1 Å². The molecular formula is C21H17N5O4. The Morgan fingerprint density at radius 2 is 1.90 bits per heavy atom. The van der Waals surface area contributed by atoms with Crippen LogP contribution in [0.3, 0.4) is 0 Å². The number of benzene rings is 2. The Kier molecular flexibility index (Phi) is 4.20. The van der Waals surface area contributed by atoms with E-state index in [0.29, 0.717) is 23.1 Å². The molecule has 30 heavy (non-hydrogen) atoms. The topological polar surface area (TPSA) is 111 Å². The largest absolute Gasteiger partial charge is 0.454 e. The zero-order valence-corrected chi connectivity index (χ0v) is 16.0. The third-order valence-electron chi connectivity index (χ3n) is 4.91. The summed E-state index contributed by atoms with van der Waals surface area (Å²) in [5, 5.41) is 3.38. The first-order chi connectivity index (χ1) is 14.6. The molecule has 0 fully saturated rings. The summed E-state index contributed by atoms with van der Waals surface area (Å²) in [5.74, 6) is 1.36. The number of H-pyrrole nitrogens is 1. The molecule has 1 atom stereocenters. The highest BCUT2D eigenvalue weighted by Gasteiger charge is 2.17. The Morgan fingerprint density at radius 1 is 1.10 bits per heavy atom. The number of hydrogen-bond donors (Lipinski definition) is 2. The van der Waals surface area contributed by atoms with E-state index in [0.717, 1.165) is 10.1 Å². The van der Waals surface area contributed by atoms with Gasteiger partial charge in [-0.2, -0.15) is 4.98 Å². The fourth-order valence-electron chi connectivity index (χ4n) is 3.35. The van der Waals surface area contributed by atoms with Crippen LogP contribution < -0.4 is 26.0 Å². The standard InChI is InChI=1S/C21H17N5O4/c1-12(13-5-3-2-4-6-13)23-20-22-10-15-18(24-20)25-21(28)26(19(15)27)14-7-8-16-17(9-14)30-11-29-16/h2-10,12H,11H2,1H3,(H2,22,23,24,25,28). The van der Waals surface area contributed by atoms with Gasteiger partial charge in [-0.15, -0.1) is 0 Å². The van der Waals surface area contributed by atoms with Gasteiger partial charge in [0.15, 0.2) is 17.1 Å². The predicted molar refractivity (Wildman–Crippen MR) is 110 cm³/mol. The van der Waals surface area contributed by atoms with Gasteiger partial charge in [0.2, 0.25) is 12.7 Å². The molecule has 0 bridgehead atoms. The number of hydrogen-bond acceptors (Lipinski definition) is 7. The van der Waals surface area contributed by atoms with Crippen molar-refractivity contribution in [3.63, 3.8) is 0 Å². The van der Waals surface area contributed by atoms with E-state index < -0.39 is 11.2 Å². The van der Waals surface area contributed by atoms with Gasteiger partial charge in [-0.3, -0.25) is 9.78 Å². The number of aromatic amines is 1. The molecular weight excluding hydrogens is 386 g/mol. The lowest BCUT2D eigenvalue weighted by atomic mass is 10.1. The van der Waals surface area contributed by atoms with E-state index >= 15 is 0 Å². The molecule has 150 valence electrons. The highest BCUT2D eigenvalue weighted by molar-refractivity contribution is 5.73. The summed E-state index contributed by atoms with van der Waals surface area (Å²) in [5.41, 5.74) is 0.474. The highest BCUT2D eigenvalue weighted by Crippen LogP contribution is 2.33. The molecule has 3 heterocycles. The average molecular weight is 403 g/mol. The molecule has 0 saturated heterocycles. The fourth-order valence-corrected chi connectivity index (χ4v) is 3.35. The molecule has 2 aromatic carbocycles. The van der Waals surface area contributed by atoms with Crippen LogP contribution in [0.5, 0.6) is 11.5 Å². The second-order valence-electron chi connectivity index (χ2n) is 6.84. The van der Waals surface area contributed by atoms with Crippen LogP contribution in [-0.2, 0) is 0 Å². The van der Waals surface area contributed by atoms with Crippen molar-refractivity contribution in [1.29, 1.82) is 0 Å². The first-order valence-corrected chi connectivity index (χ1v) is 9.34. The Labute approximate surface area is 170 Å². The molecule has 1 unspecified atom stereocenters. The molecule has 0 spiro atoms. The Bertz CT molecular complexity index is 1360. The van der Waals surface area contributed by atoms with Crippen LogP contribution in [0, 0.1) is 0 Å². The Morgan fingerprint density at radius 3 is 2.73 bits per heavy atom. The SMILES string of the molecule is CC(Nc1ncc2c(=O)n(-c3ccc4c(c3)OCO4)c(=O)[nH]c2n1)c1ccccc1. The summed E-state index contributed by atoms with van der Waals surface area (Å²) >= 11 is 0. The third-order valence-corrected chi connectivity index (χ3v) is 4.91. The molecule has 0 saturated carbocycles. The van der Waals surface area contributed by atoms with Gasteiger partial charge in [0.05, 0.1) is 11.7 Å². The summed E-state index contributed by atoms with van der Waals surface area (Å²) < 4.78 is 11.6. The molecule has 0 amide bonds. The van der Waals surface area contributed by atoms with Gasteiger partial charge in [-0.05, 0) is 24.6 Å². The maximum absolute atomic E-state index is 13.0.